The molecule has 182 valence electrons. The van der Waals surface area contributed by atoms with Gasteiger partial charge in [-0.1, -0.05) is 46.0 Å². The van der Waals surface area contributed by atoms with Crippen molar-refractivity contribution in [3.05, 3.63) is 17.7 Å². The molecule has 0 aliphatic carbocycles. The number of H-pyrrole nitrogens is 1. The maximum absolute atomic E-state index is 11.6. The van der Waals surface area contributed by atoms with Crippen LogP contribution in [0.15, 0.2) is 6.20 Å². The summed E-state index contributed by atoms with van der Waals surface area (Å²) in [5.74, 6) is 0.787. The number of unbranched alkanes of at least 4 members (excludes halogenated alkanes) is 5. The van der Waals surface area contributed by atoms with Gasteiger partial charge in [-0.15, -0.1) is 0 Å². The molecule has 1 rings (SSSR count). The van der Waals surface area contributed by atoms with Gasteiger partial charge in [0.15, 0.2) is 5.69 Å². The summed E-state index contributed by atoms with van der Waals surface area (Å²) in [6, 6.07) is 0. The molecule has 0 bridgehead atoms. The summed E-state index contributed by atoms with van der Waals surface area (Å²) in [4.78, 5) is 14.6. The number of esters is 1. The van der Waals surface area contributed by atoms with Crippen molar-refractivity contribution >= 4 is 16.4 Å². The number of rotatable bonds is 15. The van der Waals surface area contributed by atoms with Crippen LogP contribution in [0, 0.1) is 6.92 Å². The summed E-state index contributed by atoms with van der Waals surface area (Å²) < 4.78 is 46.5. The molecular weight excluding hydrogens is 424 g/mol. The molecule has 0 fully saturated rings. The lowest BCUT2D eigenvalue weighted by molar-refractivity contribution is -0.683. The first-order valence-corrected chi connectivity index (χ1v) is 12.3. The highest BCUT2D eigenvalue weighted by Gasteiger charge is 2.15. The Bertz CT molecular complexity index is 705. The minimum Gasteiger partial charge on any atom is -0.726 e. The van der Waals surface area contributed by atoms with Gasteiger partial charge in [0, 0.05) is 6.92 Å². The monoisotopic (exact) mass is 464 g/mol. The van der Waals surface area contributed by atoms with Crippen molar-refractivity contribution in [1.29, 1.82) is 0 Å². The summed E-state index contributed by atoms with van der Waals surface area (Å²) in [5, 5.41) is 0. The first-order valence-electron chi connectivity index (χ1n) is 11.0. The van der Waals surface area contributed by atoms with E-state index in [1.54, 1.807) is 0 Å². The Labute approximate surface area is 187 Å². The highest BCUT2D eigenvalue weighted by Crippen LogP contribution is 2.05. The van der Waals surface area contributed by atoms with Gasteiger partial charge in [-0.25, -0.2) is 18.0 Å². The normalized spacial score (nSPS) is 12.2. The standard InChI is InChI=1S/C13H22N2O3.C8H18O4S/c1-5-10(2)17-6-7-18-13(16)8-12-9-14-11(3)15(12)4;1-2-3-4-5-6-7-8-12-13(9,10)11/h9-10H,5-8H2,1-4H3;2-8H2,1H3,(H,9,10,11). The van der Waals surface area contributed by atoms with Gasteiger partial charge >= 0.3 is 5.97 Å². The molecule has 1 N–H and O–H groups in total. The fraction of sp³-hybridized carbons (Fsp3) is 0.810. The van der Waals surface area contributed by atoms with Crippen LogP contribution in [0.25, 0.3) is 0 Å². The minimum atomic E-state index is -4.47. The Morgan fingerprint density at radius 1 is 1.13 bits per heavy atom. The average Bonchev–Trinajstić information content (AvgIpc) is 3.02. The van der Waals surface area contributed by atoms with Crippen LogP contribution < -0.4 is 4.57 Å². The molecule has 0 aliphatic heterocycles. The third-order valence-electron chi connectivity index (χ3n) is 4.76. The molecule has 0 aliphatic rings. The van der Waals surface area contributed by atoms with E-state index in [4.69, 9.17) is 9.47 Å². The fourth-order valence-electron chi connectivity index (χ4n) is 2.53. The fourth-order valence-corrected chi connectivity index (χ4v) is 2.85. The van der Waals surface area contributed by atoms with E-state index in [9.17, 15) is 17.8 Å². The second-order valence-corrected chi connectivity index (χ2v) is 8.46. The molecule has 1 atom stereocenters. The van der Waals surface area contributed by atoms with Crippen molar-refractivity contribution in [2.45, 2.75) is 85.2 Å². The maximum atomic E-state index is 11.6. The lowest BCUT2D eigenvalue weighted by Crippen LogP contribution is -2.35. The number of ether oxygens (including phenoxy) is 2. The van der Waals surface area contributed by atoms with Crippen molar-refractivity contribution in [3.8, 4) is 0 Å². The topological polar surface area (TPSA) is 122 Å². The third kappa shape index (κ3) is 16.8. The molecule has 0 spiro atoms. The number of hydrogen-bond donors (Lipinski definition) is 1. The number of imidazole rings is 1. The van der Waals surface area contributed by atoms with E-state index in [1.807, 2.05) is 31.7 Å². The van der Waals surface area contributed by atoms with E-state index in [1.165, 1.54) is 19.3 Å². The van der Waals surface area contributed by atoms with Gasteiger partial charge in [-0.2, -0.15) is 0 Å². The van der Waals surface area contributed by atoms with E-state index >= 15 is 0 Å². The molecule has 31 heavy (non-hydrogen) atoms. The molecule has 1 heterocycles. The highest BCUT2D eigenvalue weighted by molar-refractivity contribution is 7.80. The number of nitrogens with one attached hydrogen (secondary N) is 1. The lowest BCUT2D eigenvalue weighted by Gasteiger charge is -2.10. The van der Waals surface area contributed by atoms with Gasteiger partial charge < -0.3 is 14.0 Å². The van der Waals surface area contributed by atoms with E-state index in [0.29, 0.717) is 19.6 Å². The Kier molecular flexibility index (Phi) is 16.3. The maximum Gasteiger partial charge on any atom is 0.314 e. The van der Waals surface area contributed by atoms with Gasteiger partial charge in [-0.05, 0) is 19.8 Å². The van der Waals surface area contributed by atoms with Crippen molar-refractivity contribution < 1.29 is 36.0 Å². The molecule has 0 saturated heterocycles. The van der Waals surface area contributed by atoms with Crippen LogP contribution in [0.1, 0.15) is 77.2 Å². The van der Waals surface area contributed by atoms with Crippen molar-refractivity contribution in [3.63, 3.8) is 0 Å². The van der Waals surface area contributed by atoms with Crippen LogP contribution in [0.4, 0.5) is 0 Å². The smallest absolute Gasteiger partial charge is 0.314 e. The number of hydrogen-bond acceptors (Lipinski definition) is 7. The average molecular weight is 465 g/mol. The molecule has 1 unspecified atom stereocenters. The molecule has 0 radical (unpaired) electrons. The summed E-state index contributed by atoms with van der Waals surface area (Å²) in [6.07, 6.45) is 9.50. The Morgan fingerprint density at radius 2 is 1.77 bits per heavy atom. The second kappa shape index (κ2) is 17.1. The molecule has 0 amide bonds. The summed E-state index contributed by atoms with van der Waals surface area (Å²) >= 11 is 0. The summed E-state index contributed by atoms with van der Waals surface area (Å²) in [6.45, 7) is 8.95. The summed E-state index contributed by atoms with van der Waals surface area (Å²) in [5.41, 5.74) is 0.917. The Morgan fingerprint density at radius 3 is 2.32 bits per heavy atom. The van der Waals surface area contributed by atoms with Crippen LogP contribution in [-0.2, 0) is 42.3 Å². The van der Waals surface area contributed by atoms with E-state index in [2.05, 4.69) is 23.0 Å². The van der Waals surface area contributed by atoms with Crippen LogP contribution in [0.2, 0.25) is 0 Å². The van der Waals surface area contributed by atoms with Crippen LogP contribution in [-0.4, -0.2) is 49.8 Å². The van der Waals surface area contributed by atoms with E-state index in [0.717, 1.165) is 30.8 Å². The first kappa shape index (κ1) is 29.5. The highest BCUT2D eigenvalue weighted by atomic mass is 32.3. The van der Waals surface area contributed by atoms with Gasteiger partial charge in [0.05, 0.1) is 26.4 Å². The molecule has 9 nitrogen and oxygen atoms in total. The molecule has 1 aromatic rings. The Balaban J connectivity index is 0.000000615. The van der Waals surface area contributed by atoms with Crippen molar-refractivity contribution in [2.75, 3.05) is 19.8 Å². The first-order chi connectivity index (χ1) is 14.6. The van der Waals surface area contributed by atoms with Crippen LogP contribution in [0.5, 0.6) is 0 Å². The number of nitrogens with zero attached hydrogens (tertiary/aromatic N) is 1. The predicted octanol–water partition coefficient (Wildman–Crippen LogP) is 2.87. The molecular formula is C21H40N2O7S. The number of carbonyl (C=O) groups excluding carboxylic acids is 1. The Hall–Kier alpha value is -1.49. The van der Waals surface area contributed by atoms with Crippen molar-refractivity contribution in [1.82, 2.24) is 4.98 Å². The molecule has 0 aromatic carbocycles. The molecule has 1 aromatic heterocycles. The minimum absolute atomic E-state index is 0.0258. The van der Waals surface area contributed by atoms with E-state index in [-0.39, 0.29) is 25.1 Å². The van der Waals surface area contributed by atoms with Gasteiger partial charge in [-0.3, -0.25) is 8.98 Å². The summed E-state index contributed by atoms with van der Waals surface area (Å²) in [7, 11) is -2.55. The van der Waals surface area contributed by atoms with Crippen LogP contribution >= 0.6 is 0 Å². The van der Waals surface area contributed by atoms with Gasteiger partial charge in [0.1, 0.15) is 19.2 Å². The number of carbonyl (C=O) groups is 1. The van der Waals surface area contributed by atoms with Crippen molar-refractivity contribution in [2.24, 2.45) is 7.05 Å². The lowest BCUT2D eigenvalue weighted by atomic mass is 10.1. The van der Waals surface area contributed by atoms with E-state index < -0.39 is 10.4 Å². The zero-order valence-electron chi connectivity index (χ0n) is 19.6. The predicted molar refractivity (Wildman–Crippen MR) is 116 cm³/mol. The number of aromatic nitrogens is 2. The molecule has 10 heteroatoms. The number of aryl methyl sites for hydroxylation is 1. The van der Waals surface area contributed by atoms with Gasteiger partial charge in [0.2, 0.25) is 10.4 Å². The number of aromatic amines is 1. The SMILES string of the molecule is CCC(C)OCCOC(=O)Cc1c[nH]c(C)[n+]1C.CCCCCCCCOS(=O)(=O)[O-]. The largest absolute Gasteiger partial charge is 0.726 e. The van der Waals surface area contributed by atoms with Crippen LogP contribution in [0.3, 0.4) is 0 Å². The molecule has 0 saturated carbocycles. The zero-order valence-corrected chi connectivity index (χ0v) is 20.5. The van der Waals surface area contributed by atoms with Gasteiger partial charge in [0.25, 0.3) is 5.82 Å². The third-order valence-corrected chi connectivity index (χ3v) is 5.21. The second-order valence-electron chi connectivity index (χ2n) is 7.41. The quantitative estimate of drug-likeness (QED) is 0.139. The zero-order chi connectivity index (χ0) is 23.7.